The lowest BCUT2D eigenvalue weighted by atomic mass is 9.96. The van der Waals surface area contributed by atoms with Gasteiger partial charge in [-0.3, -0.25) is 14.3 Å². The highest BCUT2D eigenvalue weighted by molar-refractivity contribution is 5.92. The first-order valence-electron chi connectivity index (χ1n) is 9.91. The number of H-pyrrole nitrogens is 1. The van der Waals surface area contributed by atoms with E-state index in [1.807, 2.05) is 48.5 Å². The fraction of sp³-hybridized carbons (Fsp3) is 0.0400. The highest BCUT2D eigenvalue weighted by atomic mass is 16.5. The van der Waals surface area contributed by atoms with Gasteiger partial charge in [-0.25, -0.2) is 4.79 Å². The van der Waals surface area contributed by atoms with Crippen LogP contribution in [0.3, 0.4) is 0 Å². The van der Waals surface area contributed by atoms with Gasteiger partial charge in [-0.05, 0) is 58.8 Å². The Balaban J connectivity index is 1.81. The van der Waals surface area contributed by atoms with E-state index in [-0.39, 0.29) is 0 Å². The zero-order valence-electron chi connectivity index (χ0n) is 17.2. The Labute approximate surface area is 182 Å². The van der Waals surface area contributed by atoms with E-state index < -0.39 is 11.2 Å². The molecule has 0 aliphatic carbocycles. The van der Waals surface area contributed by atoms with Gasteiger partial charge in [0.1, 0.15) is 11.5 Å². The van der Waals surface area contributed by atoms with Crippen molar-refractivity contribution in [2.45, 2.75) is 0 Å². The molecule has 0 saturated heterocycles. The molecule has 0 aliphatic heterocycles. The van der Waals surface area contributed by atoms with Crippen molar-refractivity contribution in [3.05, 3.63) is 100 Å². The van der Waals surface area contributed by atoms with E-state index in [1.54, 1.807) is 25.5 Å². The second-order valence-corrected chi connectivity index (χ2v) is 7.35. The maximum absolute atomic E-state index is 12.5. The lowest BCUT2D eigenvalue weighted by Crippen LogP contribution is -2.27. The second-order valence-electron chi connectivity index (χ2n) is 7.35. The molecule has 2 aromatic heterocycles. The summed E-state index contributed by atoms with van der Waals surface area (Å²) in [5, 5.41) is 2.04. The summed E-state index contributed by atoms with van der Waals surface area (Å²) in [6, 6.07) is 20.3. The minimum absolute atomic E-state index is 0.458. The van der Waals surface area contributed by atoms with Crippen molar-refractivity contribution >= 4 is 16.5 Å². The van der Waals surface area contributed by atoms with Crippen LogP contribution in [0.5, 0.6) is 5.75 Å². The Morgan fingerprint density at radius 2 is 1.72 bits per heavy atom. The van der Waals surface area contributed by atoms with Crippen molar-refractivity contribution in [2.75, 3.05) is 12.8 Å². The van der Waals surface area contributed by atoms with Gasteiger partial charge in [0.15, 0.2) is 0 Å². The summed E-state index contributed by atoms with van der Waals surface area (Å²) in [7, 11) is 1.60. The lowest BCUT2D eigenvalue weighted by Gasteiger charge is -2.17. The molecule has 3 N–H and O–H groups in total. The highest BCUT2D eigenvalue weighted by Crippen LogP contribution is 2.41. The van der Waals surface area contributed by atoms with Gasteiger partial charge in [0.2, 0.25) is 0 Å². The van der Waals surface area contributed by atoms with Crippen LogP contribution < -0.4 is 21.7 Å². The Morgan fingerprint density at radius 3 is 2.47 bits per heavy atom. The van der Waals surface area contributed by atoms with Crippen molar-refractivity contribution in [3.8, 4) is 33.9 Å². The largest absolute Gasteiger partial charge is 0.495 e. The van der Waals surface area contributed by atoms with Gasteiger partial charge in [0.05, 0.1) is 24.6 Å². The molecule has 0 radical (unpaired) electrons. The zero-order chi connectivity index (χ0) is 22.2. The Hall–Kier alpha value is -4.52. The number of furan rings is 1. The summed E-state index contributed by atoms with van der Waals surface area (Å²) in [4.78, 5) is 26.3. The third-order valence-corrected chi connectivity index (χ3v) is 5.34. The standard InChI is InChI=1S/C25H19N3O4/c1-31-24-20(17-5-4-16-12-18(26)7-6-15(16)11-17)13-19(14-21(24)22-3-2-10-32-22)28-9-8-23(29)27-25(28)30/h2-14H,26H2,1H3,(H,27,29,30). The number of fused-ring (bicyclic) bond motifs is 1. The van der Waals surface area contributed by atoms with Crippen LogP contribution in [0.15, 0.2) is 93.2 Å². The monoisotopic (exact) mass is 425 g/mol. The zero-order valence-corrected chi connectivity index (χ0v) is 17.2. The van der Waals surface area contributed by atoms with Gasteiger partial charge >= 0.3 is 5.69 Å². The molecular formula is C25H19N3O4. The first-order valence-corrected chi connectivity index (χ1v) is 9.91. The van der Waals surface area contributed by atoms with Crippen LogP contribution in [0, 0.1) is 0 Å². The number of rotatable bonds is 4. The maximum atomic E-state index is 12.5. The third kappa shape index (κ3) is 3.35. The minimum Gasteiger partial charge on any atom is -0.495 e. The van der Waals surface area contributed by atoms with Crippen molar-refractivity contribution in [1.82, 2.24) is 9.55 Å². The molecule has 0 amide bonds. The molecule has 0 spiro atoms. The molecule has 0 saturated carbocycles. The summed E-state index contributed by atoms with van der Waals surface area (Å²) in [5.74, 6) is 1.20. The Bertz CT molecular complexity index is 1560. The molecule has 0 unspecified atom stereocenters. The summed E-state index contributed by atoms with van der Waals surface area (Å²) in [6.45, 7) is 0. The van der Waals surface area contributed by atoms with Crippen LogP contribution in [0.2, 0.25) is 0 Å². The number of hydrogen-bond acceptors (Lipinski definition) is 5. The summed E-state index contributed by atoms with van der Waals surface area (Å²) in [5.41, 5.74) is 8.53. The van der Waals surface area contributed by atoms with E-state index in [2.05, 4.69) is 4.98 Å². The molecular weight excluding hydrogens is 406 g/mol. The van der Waals surface area contributed by atoms with Crippen molar-refractivity contribution < 1.29 is 9.15 Å². The number of benzene rings is 3. The van der Waals surface area contributed by atoms with Crippen molar-refractivity contribution in [1.29, 1.82) is 0 Å². The quantitative estimate of drug-likeness (QED) is 0.420. The van der Waals surface area contributed by atoms with Crippen LogP contribution in [0.4, 0.5) is 5.69 Å². The molecule has 32 heavy (non-hydrogen) atoms. The summed E-state index contributed by atoms with van der Waals surface area (Å²) >= 11 is 0. The predicted molar refractivity (Wildman–Crippen MR) is 124 cm³/mol. The summed E-state index contributed by atoms with van der Waals surface area (Å²) < 4.78 is 12.8. The van der Waals surface area contributed by atoms with Gasteiger partial charge in [-0.15, -0.1) is 0 Å². The van der Waals surface area contributed by atoms with Crippen LogP contribution >= 0.6 is 0 Å². The number of nitrogens with zero attached hydrogens (tertiary/aromatic N) is 1. The van der Waals surface area contributed by atoms with Gasteiger partial charge in [0, 0.05) is 23.5 Å². The highest BCUT2D eigenvalue weighted by Gasteiger charge is 2.18. The molecule has 7 heteroatoms. The molecule has 5 rings (SSSR count). The molecule has 7 nitrogen and oxygen atoms in total. The van der Waals surface area contributed by atoms with Gasteiger partial charge in [-0.1, -0.05) is 18.2 Å². The van der Waals surface area contributed by atoms with Gasteiger partial charge in [0.25, 0.3) is 5.56 Å². The SMILES string of the molecule is COc1c(-c2ccc3cc(N)ccc3c2)cc(-n2ccc(=O)[nH]c2=O)cc1-c1ccco1. The normalized spacial score (nSPS) is 11.0. The summed E-state index contributed by atoms with van der Waals surface area (Å²) in [6.07, 6.45) is 3.02. The number of methoxy groups -OCH3 is 1. The lowest BCUT2D eigenvalue weighted by molar-refractivity contribution is 0.416. The molecule has 0 bridgehead atoms. The molecule has 2 heterocycles. The van der Waals surface area contributed by atoms with Gasteiger partial charge < -0.3 is 14.9 Å². The first-order chi connectivity index (χ1) is 15.5. The Morgan fingerprint density at radius 1 is 0.938 bits per heavy atom. The minimum atomic E-state index is -0.534. The van der Waals surface area contributed by atoms with Crippen LogP contribution in [-0.2, 0) is 0 Å². The average molecular weight is 425 g/mol. The number of nitrogens with two attached hydrogens (primary N) is 1. The smallest absolute Gasteiger partial charge is 0.332 e. The fourth-order valence-corrected chi connectivity index (χ4v) is 3.85. The number of anilines is 1. The van der Waals surface area contributed by atoms with E-state index in [1.165, 1.54) is 16.8 Å². The number of aromatic nitrogens is 2. The van der Waals surface area contributed by atoms with Crippen molar-refractivity contribution in [3.63, 3.8) is 0 Å². The van der Waals surface area contributed by atoms with Crippen LogP contribution in [-0.4, -0.2) is 16.7 Å². The van der Waals surface area contributed by atoms with Crippen molar-refractivity contribution in [2.24, 2.45) is 0 Å². The molecule has 0 atom stereocenters. The van der Waals surface area contributed by atoms with Crippen LogP contribution in [0.1, 0.15) is 0 Å². The number of ether oxygens (including phenoxy) is 1. The maximum Gasteiger partial charge on any atom is 0.332 e. The fourth-order valence-electron chi connectivity index (χ4n) is 3.85. The Kier molecular flexibility index (Phi) is 4.63. The van der Waals surface area contributed by atoms with E-state index in [9.17, 15) is 9.59 Å². The predicted octanol–water partition coefficient (Wildman–Crippen LogP) is 4.20. The van der Waals surface area contributed by atoms with E-state index in [4.69, 9.17) is 14.9 Å². The van der Waals surface area contributed by atoms with Gasteiger partial charge in [-0.2, -0.15) is 0 Å². The number of nitrogens with one attached hydrogen (secondary N) is 1. The molecule has 158 valence electrons. The number of hydrogen-bond donors (Lipinski definition) is 2. The molecule has 0 fully saturated rings. The van der Waals surface area contributed by atoms with E-state index in [0.717, 1.165) is 21.9 Å². The van der Waals surface area contributed by atoms with E-state index in [0.29, 0.717) is 28.4 Å². The average Bonchev–Trinajstić information content (AvgIpc) is 3.33. The second kappa shape index (κ2) is 7.63. The number of nitrogen functional groups attached to an aromatic ring is 1. The molecule has 3 aromatic carbocycles. The van der Waals surface area contributed by atoms with E-state index >= 15 is 0 Å². The molecule has 0 aliphatic rings. The topological polar surface area (TPSA) is 103 Å². The molecule has 5 aromatic rings. The number of aromatic amines is 1. The van der Waals surface area contributed by atoms with Crippen LogP contribution in [0.25, 0.3) is 38.9 Å². The third-order valence-electron chi connectivity index (χ3n) is 5.34. The first kappa shape index (κ1) is 19.4.